The van der Waals surface area contributed by atoms with Gasteiger partial charge in [-0.25, -0.2) is 0 Å². The first-order valence-corrected chi connectivity index (χ1v) is 12.4. The lowest BCUT2D eigenvalue weighted by Gasteiger charge is -2.35. The summed E-state index contributed by atoms with van der Waals surface area (Å²) in [5, 5.41) is 20.1. The lowest BCUT2D eigenvalue weighted by molar-refractivity contribution is -0.157. The van der Waals surface area contributed by atoms with Gasteiger partial charge in [-0.2, -0.15) is 0 Å². The summed E-state index contributed by atoms with van der Waals surface area (Å²) in [6.45, 7) is 7.24. The predicted molar refractivity (Wildman–Crippen MR) is 144 cm³/mol. The number of aliphatic hydroxyl groups is 1. The zero-order valence-electron chi connectivity index (χ0n) is 21.4. The quantitative estimate of drug-likeness (QED) is 0.358. The minimum Gasteiger partial charge on any atom is -0.395 e. The van der Waals surface area contributed by atoms with Crippen LogP contribution in [0.1, 0.15) is 39.2 Å². The molecule has 4 N–H and O–H groups in total. The van der Waals surface area contributed by atoms with Crippen LogP contribution in [-0.2, 0) is 20.8 Å². The van der Waals surface area contributed by atoms with Crippen LogP contribution in [0, 0.1) is 5.41 Å². The maximum Gasteiger partial charge on any atom is 0.247 e. The van der Waals surface area contributed by atoms with Crippen molar-refractivity contribution < 1.29 is 19.5 Å². The summed E-state index contributed by atoms with van der Waals surface area (Å²) in [6, 6.07) is 12.5. The molecule has 8 nitrogen and oxygen atoms in total. The fourth-order valence-corrected chi connectivity index (χ4v) is 4.31. The van der Waals surface area contributed by atoms with E-state index in [1.807, 2.05) is 42.5 Å². The molecular formula is C27H39ClN4O4. The van der Waals surface area contributed by atoms with Crippen molar-refractivity contribution in [2.24, 2.45) is 5.41 Å². The first-order chi connectivity index (χ1) is 16.7. The van der Waals surface area contributed by atoms with E-state index < -0.39 is 17.5 Å². The molecule has 0 unspecified atom stereocenters. The van der Waals surface area contributed by atoms with Crippen LogP contribution < -0.4 is 16.0 Å². The molecule has 2 atom stereocenters. The van der Waals surface area contributed by atoms with Crippen LogP contribution in [0.4, 0.5) is 0 Å². The summed E-state index contributed by atoms with van der Waals surface area (Å²) < 4.78 is 0. The van der Waals surface area contributed by atoms with Crippen molar-refractivity contribution in [3.05, 3.63) is 48.0 Å². The van der Waals surface area contributed by atoms with E-state index in [0.717, 1.165) is 22.8 Å². The fraction of sp³-hybridized carbons (Fsp3) is 0.519. The SMILES string of the molecule is CC(C)(C)C(=O)N(C(=O)[C@@H]1CCCN1)[C@H](Cc1ccc2ccccc2c1)C(=O)NCCNCCO.Cl. The van der Waals surface area contributed by atoms with Gasteiger partial charge in [0, 0.05) is 31.5 Å². The van der Waals surface area contributed by atoms with Gasteiger partial charge in [0.05, 0.1) is 12.6 Å². The zero-order valence-corrected chi connectivity index (χ0v) is 22.2. The average molecular weight is 519 g/mol. The monoisotopic (exact) mass is 518 g/mol. The van der Waals surface area contributed by atoms with E-state index in [1.165, 1.54) is 4.90 Å². The number of amides is 3. The maximum atomic E-state index is 13.6. The summed E-state index contributed by atoms with van der Waals surface area (Å²) >= 11 is 0. The zero-order chi connectivity index (χ0) is 25.4. The normalized spacial score (nSPS) is 16.3. The van der Waals surface area contributed by atoms with Crippen molar-refractivity contribution in [1.29, 1.82) is 0 Å². The first kappa shape index (κ1) is 29.7. The number of aliphatic hydroxyl groups excluding tert-OH is 1. The summed E-state index contributed by atoms with van der Waals surface area (Å²) in [7, 11) is 0. The van der Waals surface area contributed by atoms with Gasteiger partial charge in [-0.3, -0.25) is 19.3 Å². The number of hydrogen-bond donors (Lipinski definition) is 4. The van der Waals surface area contributed by atoms with Crippen LogP contribution in [0.3, 0.4) is 0 Å². The number of nitrogens with zero attached hydrogens (tertiary/aromatic N) is 1. The van der Waals surface area contributed by atoms with Crippen molar-refractivity contribution in [2.45, 2.75) is 52.1 Å². The number of halogens is 1. The molecule has 1 aliphatic rings. The van der Waals surface area contributed by atoms with Crippen LogP contribution in [0.2, 0.25) is 0 Å². The molecule has 3 amide bonds. The van der Waals surface area contributed by atoms with Gasteiger partial charge in [0.25, 0.3) is 0 Å². The van der Waals surface area contributed by atoms with Crippen molar-refractivity contribution in [1.82, 2.24) is 20.9 Å². The van der Waals surface area contributed by atoms with Crippen molar-refractivity contribution in [2.75, 3.05) is 32.8 Å². The number of hydrogen-bond acceptors (Lipinski definition) is 6. The summed E-state index contributed by atoms with van der Waals surface area (Å²) in [5.74, 6) is -1.08. The van der Waals surface area contributed by atoms with Crippen LogP contribution in [0.25, 0.3) is 10.8 Å². The average Bonchev–Trinajstić information content (AvgIpc) is 3.37. The minimum absolute atomic E-state index is 0. The molecule has 2 aromatic carbocycles. The van der Waals surface area contributed by atoms with Gasteiger partial charge in [-0.15, -0.1) is 12.4 Å². The van der Waals surface area contributed by atoms with Crippen LogP contribution in [0.15, 0.2) is 42.5 Å². The fourth-order valence-electron chi connectivity index (χ4n) is 4.31. The Morgan fingerprint density at radius 2 is 1.81 bits per heavy atom. The van der Waals surface area contributed by atoms with Crippen LogP contribution in [-0.4, -0.2) is 72.6 Å². The first-order valence-electron chi connectivity index (χ1n) is 12.4. The molecule has 0 radical (unpaired) electrons. The van der Waals surface area contributed by atoms with E-state index in [0.29, 0.717) is 32.6 Å². The topological polar surface area (TPSA) is 111 Å². The molecule has 1 saturated heterocycles. The van der Waals surface area contributed by atoms with Crippen molar-refractivity contribution in [3.8, 4) is 0 Å². The Bertz CT molecular complexity index is 1030. The van der Waals surface area contributed by atoms with Gasteiger partial charge in [0.15, 0.2) is 0 Å². The molecule has 1 fully saturated rings. The molecule has 0 bridgehead atoms. The molecule has 0 aliphatic carbocycles. The third kappa shape index (κ3) is 7.74. The maximum absolute atomic E-state index is 13.6. The summed E-state index contributed by atoms with van der Waals surface area (Å²) in [5.41, 5.74) is 0.0416. The Morgan fingerprint density at radius 1 is 1.08 bits per heavy atom. The lowest BCUT2D eigenvalue weighted by atomic mass is 9.91. The highest BCUT2D eigenvalue weighted by atomic mass is 35.5. The van der Waals surface area contributed by atoms with Gasteiger partial charge in [-0.05, 0) is 35.7 Å². The highest BCUT2D eigenvalue weighted by molar-refractivity contribution is 6.04. The van der Waals surface area contributed by atoms with E-state index in [9.17, 15) is 14.4 Å². The number of benzene rings is 2. The van der Waals surface area contributed by atoms with Crippen molar-refractivity contribution >= 4 is 40.9 Å². The number of nitrogens with one attached hydrogen (secondary N) is 3. The molecule has 2 aromatic rings. The minimum atomic E-state index is -0.976. The Hall–Kier alpha value is -2.52. The molecule has 0 aromatic heterocycles. The third-order valence-corrected chi connectivity index (χ3v) is 6.20. The molecule has 198 valence electrons. The molecule has 9 heteroatoms. The summed E-state index contributed by atoms with van der Waals surface area (Å²) in [6.07, 6.45) is 1.72. The van der Waals surface area contributed by atoms with E-state index in [4.69, 9.17) is 5.11 Å². The van der Waals surface area contributed by atoms with Gasteiger partial charge in [-0.1, -0.05) is 63.2 Å². The number of carbonyl (C=O) groups is 3. The number of carbonyl (C=O) groups excluding carboxylic acids is 3. The van der Waals surface area contributed by atoms with Gasteiger partial charge in [0.1, 0.15) is 6.04 Å². The second-order valence-electron chi connectivity index (χ2n) is 10.1. The Morgan fingerprint density at radius 3 is 2.44 bits per heavy atom. The molecule has 0 saturated carbocycles. The lowest BCUT2D eigenvalue weighted by Crippen LogP contribution is -2.59. The standard InChI is InChI=1S/C27H38N4O4.ClH/c1-27(2,3)26(35)31(25(34)22-9-6-12-29-22)23(24(33)30-14-13-28-15-16-32)18-19-10-11-20-7-4-5-8-21(20)17-19;/h4-5,7-8,10-11,17,22-23,28-29,32H,6,9,12-16,18H2,1-3H3,(H,30,33);1H/t22-,23+;/m0./s1. The van der Waals surface area contributed by atoms with E-state index >= 15 is 0 Å². The molecular weight excluding hydrogens is 480 g/mol. The molecule has 1 aliphatic heterocycles. The highest BCUT2D eigenvalue weighted by Gasteiger charge is 2.42. The van der Waals surface area contributed by atoms with Gasteiger partial charge in [0.2, 0.25) is 17.7 Å². The van der Waals surface area contributed by atoms with Crippen LogP contribution >= 0.6 is 12.4 Å². The van der Waals surface area contributed by atoms with E-state index in [-0.39, 0.29) is 43.2 Å². The smallest absolute Gasteiger partial charge is 0.247 e. The Labute approximate surface area is 219 Å². The molecule has 1 heterocycles. The number of rotatable bonds is 10. The van der Waals surface area contributed by atoms with Crippen LogP contribution in [0.5, 0.6) is 0 Å². The second kappa shape index (κ2) is 13.7. The largest absolute Gasteiger partial charge is 0.395 e. The Balaban J connectivity index is 0.00000456. The number of imide groups is 1. The van der Waals surface area contributed by atoms with Crippen molar-refractivity contribution in [3.63, 3.8) is 0 Å². The third-order valence-electron chi connectivity index (χ3n) is 6.20. The summed E-state index contributed by atoms with van der Waals surface area (Å²) in [4.78, 5) is 41.9. The van der Waals surface area contributed by atoms with Gasteiger partial charge < -0.3 is 21.1 Å². The molecule has 0 spiro atoms. The van der Waals surface area contributed by atoms with E-state index in [1.54, 1.807) is 20.8 Å². The van der Waals surface area contributed by atoms with Gasteiger partial charge >= 0.3 is 0 Å². The predicted octanol–water partition coefficient (Wildman–Crippen LogP) is 2.02. The van der Waals surface area contributed by atoms with E-state index in [2.05, 4.69) is 16.0 Å². The molecule has 36 heavy (non-hydrogen) atoms. The molecule has 3 rings (SSSR count). The Kier molecular flexibility index (Phi) is 11.3. The highest BCUT2D eigenvalue weighted by Crippen LogP contribution is 2.25. The number of fused-ring (bicyclic) bond motifs is 1. The second-order valence-corrected chi connectivity index (χ2v) is 10.1.